The molecule has 2 atom stereocenters. The number of aromatic nitrogens is 1. The Kier molecular flexibility index (Phi) is 4.45. The summed E-state index contributed by atoms with van der Waals surface area (Å²) in [5.41, 5.74) is -0.405. The molecule has 28 heavy (non-hydrogen) atoms. The van der Waals surface area contributed by atoms with Crippen molar-refractivity contribution in [2.45, 2.75) is 38.8 Å². The number of carboxylic acid groups (broad SMARTS) is 1. The van der Waals surface area contributed by atoms with Gasteiger partial charge in [-0.15, -0.1) is 0 Å². The third-order valence-electron chi connectivity index (χ3n) is 5.72. The lowest BCUT2D eigenvalue weighted by molar-refractivity contribution is 0.0694. The Labute approximate surface area is 160 Å². The number of carboxylic acids is 1. The molecule has 2 aromatic rings. The van der Waals surface area contributed by atoms with E-state index in [1.807, 2.05) is 18.7 Å². The average molecular weight is 387 g/mol. The van der Waals surface area contributed by atoms with Crippen LogP contribution in [0.1, 0.15) is 53.4 Å². The molecule has 2 aliphatic rings. The first kappa shape index (κ1) is 18.6. The van der Waals surface area contributed by atoms with Gasteiger partial charge in [-0.25, -0.2) is 9.18 Å². The molecule has 1 aromatic heterocycles. The van der Waals surface area contributed by atoms with Gasteiger partial charge in [0.2, 0.25) is 5.43 Å². The van der Waals surface area contributed by atoms with Crippen LogP contribution in [0.15, 0.2) is 17.1 Å². The van der Waals surface area contributed by atoms with Gasteiger partial charge in [-0.2, -0.15) is 0 Å². The fourth-order valence-electron chi connectivity index (χ4n) is 4.38. The quantitative estimate of drug-likeness (QED) is 0.839. The largest absolute Gasteiger partial charge is 0.477 e. The summed E-state index contributed by atoms with van der Waals surface area (Å²) in [6, 6.07) is 0.966. The smallest absolute Gasteiger partial charge is 0.341 e. The summed E-state index contributed by atoms with van der Waals surface area (Å²) in [5, 5.41) is 12.6. The third-order valence-corrected chi connectivity index (χ3v) is 5.72. The Hall–Kier alpha value is -2.74. The van der Waals surface area contributed by atoms with Crippen LogP contribution in [0.4, 0.5) is 10.1 Å². The second-order valence-electron chi connectivity index (χ2n) is 7.55. The van der Waals surface area contributed by atoms with Gasteiger partial charge >= 0.3 is 5.97 Å². The van der Waals surface area contributed by atoms with E-state index in [0.717, 1.165) is 6.07 Å². The molecule has 8 heteroatoms. The molecule has 7 nitrogen and oxygen atoms in total. The lowest BCUT2D eigenvalue weighted by Gasteiger charge is -2.37. The van der Waals surface area contributed by atoms with Gasteiger partial charge < -0.3 is 19.9 Å². The summed E-state index contributed by atoms with van der Waals surface area (Å²) in [6.07, 6.45) is 2.05. The van der Waals surface area contributed by atoms with Crippen LogP contribution in [0.3, 0.4) is 0 Å². The number of pyridine rings is 1. The molecule has 0 saturated carbocycles. The highest BCUT2D eigenvalue weighted by Gasteiger charge is 2.34. The van der Waals surface area contributed by atoms with Gasteiger partial charge in [0.1, 0.15) is 11.4 Å². The fraction of sp³-hybridized carbons (Fsp3) is 0.450. The summed E-state index contributed by atoms with van der Waals surface area (Å²) in [5.74, 6) is -2.23. The monoisotopic (exact) mass is 387 g/mol. The van der Waals surface area contributed by atoms with Gasteiger partial charge in [0.05, 0.1) is 22.2 Å². The zero-order chi connectivity index (χ0) is 20.2. The topological polar surface area (TPSA) is 91.6 Å². The third kappa shape index (κ3) is 2.71. The minimum absolute atomic E-state index is 0.0502. The maximum absolute atomic E-state index is 15.2. The summed E-state index contributed by atoms with van der Waals surface area (Å²) < 4.78 is 16.9. The zero-order valence-electron chi connectivity index (χ0n) is 15.8. The second kappa shape index (κ2) is 6.70. The van der Waals surface area contributed by atoms with E-state index < -0.39 is 22.8 Å². The molecule has 1 saturated heterocycles. The van der Waals surface area contributed by atoms with Crippen LogP contribution in [0.2, 0.25) is 0 Å². The molecular formula is C20H22FN3O4. The molecular weight excluding hydrogens is 365 g/mol. The van der Waals surface area contributed by atoms with Crippen LogP contribution in [0, 0.1) is 5.82 Å². The number of anilines is 1. The SMILES string of the molecule is CCC1CC(=O)c2c(N3CCNC(C)C3)c(F)cc3c(=O)c(C(=O)O)cn1c23. The van der Waals surface area contributed by atoms with Crippen molar-refractivity contribution in [2.24, 2.45) is 0 Å². The molecule has 0 amide bonds. The Morgan fingerprint density at radius 3 is 2.79 bits per heavy atom. The first-order valence-corrected chi connectivity index (χ1v) is 9.49. The van der Waals surface area contributed by atoms with E-state index in [0.29, 0.717) is 31.6 Å². The number of carbonyl (C=O) groups is 2. The Morgan fingerprint density at radius 2 is 2.14 bits per heavy atom. The molecule has 0 radical (unpaired) electrons. The number of halogens is 1. The van der Waals surface area contributed by atoms with Crippen molar-refractivity contribution in [3.63, 3.8) is 0 Å². The van der Waals surface area contributed by atoms with Crippen LogP contribution in [-0.4, -0.2) is 47.1 Å². The predicted octanol–water partition coefficient (Wildman–Crippen LogP) is 2.17. The maximum atomic E-state index is 15.2. The van der Waals surface area contributed by atoms with Crippen LogP contribution in [0.5, 0.6) is 0 Å². The second-order valence-corrected chi connectivity index (χ2v) is 7.55. The number of piperazine rings is 1. The number of Topliss-reactive ketones (excluding diaryl/α,β-unsaturated/α-hetero) is 1. The molecule has 4 rings (SSSR count). The highest BCUT2D eigenvalue weighted by Crippen LogP contribution is 2.39. The Bertz CT molecular complexity index is 1060. The summed E-state index contributed by atoms with van der Waals surface area (Å²) in [4.78, 5) is 39.1. The minimum atomic E-state index is -1.36. The van der Waals surface area contributed by atoms with E-state index in [9.17, 15) is 19.5 Å². The molecule has 3 heterocycles. The molecule has 1 aromatic carbocycles. The number of nitrogens with zero attached hydrogens (tertiary/aromatic N) is 2. The number of rotatable bonds is 3. The van der Waals surface area contributed by atoms with E-state index in [1.54, 1.807) is 4.57 Å². The molecule has 1 fully saturated rings. The molecule has 2 unspecified atom stereocenters. The predicted molar refractivity (Wildman–Crippen MR) is 103 cm³/mol. The maximum Gasteiger partial charge on any atom is 0.341 e. The molecule has 0 spiro atoms. The van der Waals surface area contributed by atoms with Crippen molar-refractivity contribution in [2.75, 3.05) is 24.5 Å². The Morgan fingerprint density at radius 1 is 1.39 bits per heavy atom. The van der Waals surface area contributed by atoms with Crippen molar-refractivity contribution >= 4 is 28.3 Å². The molecule has 2 N–H and O–H groups in total. The van der Waals surface area contributed by atoms with Gasteiger partial charge in [-0.1, -0.05) is 6.92 Å². The molecule has 0 bridgehead atoms. The van der Waals surface area contributed by atoms with Gasteiger partial charge in [-0.3, -0.25) is 9.59 Å². The standard InChI is InChI=1S/C20H22FN3O4/c1-3-11-6-15(25)16-17-12(19(26)13(20(27)28)9-24(11)17)7-14(21)18(16)23-5-4-22-10(2)8-23/h7,9-11,22H,3-6,8H2,1-2H3,(H,27,28). The van der Waals surface area contributed by atoms with E-state index in [-0.39, 0.29) is 40.9 Å². The Balaban J connectivity index is 2.09. The van der Waals surface area contributed by atoms with E-state index >= 15 is 4.39 Å². The molecule has 2 aliphatic heterocycles. The fourth-order valence-corrected chi connectivity index (χ4v) is 4.38. The lowest BCUT2D eigenvalue weighted by Crippen LogP contribution is -2.50. The number of aromatic carboxylic acids is 1. The first-order chi connectivity index (χ1) is 13.3. The van der Waals surface area contributed by atoms with Gasteiger partial charge in [0.15, 0.2) is 5.78 Å². The summed E-state index contributed by atoms with van der Waals surface area (Å²) in [6.45, 7) is 5.63. The van der Waals surface area contributed by atoms with Gasteiger partial charge in [0.25, 0.3) is 0 Å². The van der Waals surface area contributed by atoms with Crippen molar-refractivity contribution in [3.05, 3.63) is 39.4 Å². The van der Waals surface area contributed by atoms with Crippen molar-refractivity contribution in [1.82, 2.24) is 9.88 Å². The van der Waals surface area contributed by atoms with E-state index in [2.05, 4.69) is 5.32 Å². The lowest BCUT2D eigenvalue weighted by atomic mass is 9.91. The average Bonchev–Trinajstić information content (AvgIpc) is 2.65. The van der Waals surface area contributed by atoms with E-state index in [1.165, 1.54) is 6.20 Å². The minimum Gasteiger partial charge on any atom is -0.477 e. The van der Waals surface area contributed by atoms with Gasteiger partial charge in [0, 0.05) is 44.3 Å². The number of ketones is 1. The summed E-state index contributed by atoms with van der Waals surface area (Å²) >= 11 is 0. The van der Waals surface area contributed by atoms with E-state index in [4.69, 9.17) is 0 Å². The van der Waals surface area contributed by atoms with Crippen molar-refractivity contribution in [3.8, 4) is 0 Å². The first-order valence-electron chi connectivity index (χ1n) is 9.49. The van der Waals surface area contributed by atoms with Gasteiger partial charge in [-0.05, 0) is 19.4 Å². The van der Waals surface area contributed by atoms with Crippen LogP contribution in [-0.2, 0) is 0 Å². The number of hydrogen-bond acceptors (Lipinski definition) is 5. The highest BCUT2D eigenvalue weighted by atomic mass is 19.1. The van der Waals surface area contributed by atoms with Crippen LogP contribution >= 0.6 is 0 Å². The van der Waals surface area contributed by atoms with Crippen LogP contribution in [0.25, 0.3) is 10.9 Å². The van der Waals surface area contributed by atoms with Crippen LogP contribution < -0.4 is 15.6 Å². The normalized spacial score (nSPS) is 22.0. The molecule has 0 aliphatic carbocycles. The zero-order valence-corrected chi connectivity index (χ0v) is 15.8. The highest BCUT2D eigenvalue weighted by molar-refractivity contribution is 6.13. The van der Waals surface area contributed by atoms with Crippen molar-refractivity contribution in [1.29, 1.82) is 0 Å². The number of carbonyl (C=O) groups excluding carboxylic acids is 1. The number of hydrogen-bond donors (Lipinski definition) is 2. The molecule has 148 valence electrons. The summed E-state index contributed by atoms with van der Waals surface area (Å²) in [7, 11) is 0. The number of nitrogens with one attached hydrogen (secondary N) is 1. The van der Waals surface area contributed by atoms with Crippen molar-refractivity contribution < 1.29 is 19.1 Å². The number of benzene rings is 1.